The number of rotatable bonds is 14. The molecule has 1 aliphatic carbocycles. The molecule has 0 aliphatic heterocycles. The van der Waals surface area contributed by atoms with Crippen LogP contribution >= 0.6 is 11.6 Å². The van der Waals surface area contributed by atoms with Crippen molar-refractivity contribution >= 4 is 41.4 Å². The van der Waals surface area contributed by atoms with Crippen molar-refractivity contribution in [2.45, 2.75) is 58.3 Å². The summed E-state index contributed by atoms with van der Waals surface area (Å²) in [5.41, 5.74) is 3.42. The second-order valence-corrected chi connectivity index (χ2v) is 11.6. The quantitative estimate of drug-likeness (QED) is 0.208. The molecule has 1 aliphatic rings. The minimum Gasteiger partial charge on any atom is -0.481 e. The maximum atomic E-state index is 12.2. The molecule has 43 heavy (non-hydrogen) atoms. The molecule has 1 saturated carbocycles. The van der Waals surface area contributed by atoms with Gasteiger partial charge in [0.15, 0.2) is 0 Å². The molecule has 0 unspecified atom stereocenters. The fraction of sp³-hybridized carbons (Fsp3) is 0.469. The Morgan fingerprint density at radius 2 is 1.16 bits per heavy atom. The third-order valence-corrected chi connectivity index (χ3v) is 8.89. The highest BCUT2D eigenvalue weighted by atomic mass is 35.5. The van der Waals surface area contributed by atoms with Gasteiger partial charge in [-0.25, -0.2) is 0 Å². The monoisotopic (exact) mass is 616 g/mol. The molecule has 0 aromatic heterocycles. The van der Waals surface area contributed by atoms with Crippen molar-refractivity contribution in [2.24, 2.45) is 29.6 Å². The molecule has 11 heteroatoms. The maximum Gasteiger partial charge on any atom is 0.303 e. The molecular formula is C32H37ClO10. The van der Waals surface area contributed by atoms with Gasteiger partial charge in [-0.1, -0.05) is 54.9 Å². The highest BCUT2D eigenvalue weighted by molar-refractivity contribution is 6.31. The molecule has 2 aromatic carbocycles. The van der Waals surface area contributed by atoms with Gasteiger partial charge in [0.1, 0.15) is 0 Å². The van der Waals surface area contributed by atoms with Crippen LogP contribution in [0.25, 0.3) is 0 Å². The number of aryl methyl sites for hydroxylation is 1. The van der Waals surface area contributed by atoms with E-state index in [0.717, 1.165) is 17.5 Å². The van der Waals surface area contributed by atoms with Gasteiger partial charge >= 0.3 is 29.8 Å². The van der Waals surface area contributed by atoms with Crippen LogP contribution in [-0.2, 0) is 41.6 Å². The number of benzene rings is 2. The van der Waals surface area contributed by atoms with Gasteiger partial charge in [-0.15, -0.1) is 0 Å². The number of carbonyl (C=O) groups excluding carboxylic acids is 1. The Kier molecular flexibility index (Phi) is 11.7. The lowest BCUT2D eigenvalue weighted by Gasteiger charge is -2.51. The third-order valence-electron chi connectivity index (χ3n) is 8.52. The van der Waals surface area contributed by atoms with Gasteiger partial charge in [0, 0.05) is 43.5 Å². The Balaban J connectivity index is 2.22. The van der Waals surface area contributed by atoms with Crippen molar-refractivity contribution < 1.29 is 49.1 Å². The summed E-state index contributed by atoms with van der Waals surface area (Å²) in [5.74, 6) is -11.0. The molecule has 1 fully saturated rings. The number of hydrogen-bond donors (Lipinski definition) is 4. The molecule has 0 bridgehead atoms. The molecule has 232 valence electrons. The van der Waals surface area contributed by atoms with Crippen LogP contribution in [0.15, 0.2) is 42.5 Å². The van der Waals surface area contributed by atoms with Gasteiger partial charge < -0.3 is 25.2 Å². The highest BCUT2D eigenvalue weighted by Crippen LogP contribution is 2.55. The van der Waals surface area contributed by atoms with Crippen molar-refractivity contribution in [1.29, 1.82) is 0 Å². The lowest BCUT2D eigenvalue weighted by molar-refractivity contribution is -0.155. The summed E-state index contributed by atoms with van der Waals surface area (Å²) in [6.07, 6.45) is -0.739. The number of aliphatic carboxylic acids is 4. The standard InChI is InChI=1S/C32H37ClO10/c1-3-18-4-6-19(7-5-18)10-21-11-20(8-9-27(21)33)32-24(14-30(39)40)22(12-28(35)36)23(13-29(37)38)26(16-43-17(2)34)25(32)15-31(41)42/h4-9,11,22-26,32H,3,10,12-16H2,1-2H3,(H,35,36)(H,37,38)(H,39,40)(H,41,42)/t22-,23+,24-,25-,26-,32+/m0/s1. The van der Waals surface area contributed by atoms with E-state index >= 15 is 0 Å². The van der Waals surface area contributed by atoms with Crippen LogP contribution in [0.2, 0.25) is 5.02 Å². The predicted molar refractivity (Wildman–Crippen MR) is 156 cm³/mol. The van der Waals surface area contributed by atoms with E-state index in [2.05, 4.69) is 0 Å². The van der Waals surface area contributed by atoms with Crippen LogP contribution in [0.5, 0.6) is 0 Å². The Morgan fingerprint density at radius 3 is 1.65 bits per heavy atom. The zero-order valence-electron chi connectivity index (χ0n) is 24.1. The summed E-state index contributed by atoms with van der Waals surface area (Å²) in [5, 5.41) is 39.9. The second-order valence-electron chi connectivity index (χ2n) is 11.2. The van der Waals surface area contributed by atoms with E-state index in [9.17, 15) is 44.4 Å². The fourth-order valence-electron chi connectivity index (χ4n) is 6.78. The van der Waals surface area contributed by atoms with Crippen LogP contribution in [-0.4, -0.2) is 56.9 Å². The van der Waals surface area contributed by atoms with Gasteiger partial charge in [-0.05, 0) is 70.8 Å². The SMILES string of the molecule is CCc1ccc(Cc2cc([C@H]3[C@@H](CC(=O)O)[C@@H](COC(C)=O)[C@H](CC(=O)O)[C@H](CC(=O)O)[C@@H]3CC(=O)O)ccc2Cl)cc1. The summed E-state index contributed by atoms with van der Waals surface area (Å²) in [7, 11) is 0. The normalized spacial score (nSPS) is 23.3. The Bertz CT molecular complexity index is 1340. The summed E-state index contributed by atoms with van der Waals surface area (Å²) in [6, 6.07) is 13.1. The summed E-state index contributed by atoms with van der Waals surface area (Å²) in [6.45, 7) is 2.88. The van der Waals surface area contributed by atoms with Gasteiger partial charge in [0.25, 0.3) is 0 Å². The molecule has 6 atom stereocenters. The second kappa shape index (κ2) is 15.0. The van der Waals surface area contributed by atoms with Crippen LogP contribution in [0.3, 0.4) is 0 Å². The minimum atomic E-state index is -1.25. The first-order chi connectivity index (χ1) is 20.3. The van der Waals surface area contributed by atoms with E-state index in [1.165, 1.54) is 6.92 Å². The van der Waals surface area contributed by atoms with Crippen molar-refractivity contribution in [2.75, 3.05) is 6.61 Å². The van der Waals surface area contributed by atoms with Gasteiger partial charge in [0.2, 0.25) is 0 Å². The molecule has 0 radical (unpaired) electrons. The first-order valence-corrected chi connectivity index (χ1v) is 14.5. The number of esters is 1. The van der Waals surface area contributed by atoms with E-state index in [-0.39, 0.29) is 6.61 Å². The first kappa shape index (κ1) is 33.6. The maximum absolute atomic E-state index is 12.2. The van der Waals surface area contributed by atoms with Gasteiger partial charge in [-0.3, -0.25) is 24.0 Å². The van der Waals surface area contributed by atoms with E-state index < -0.39 is 91.0 Å². The average molecular weight is 617 g/mol. The van der Waals surface area contributed by atoms with E-state index in [0.29, 0.717) is 22.6 Å². The smallest absolute Gasteiger partial charge is 0.303 e. The van der Waals surface area contributed by atoms with Crippen LogP contribution in [0.4, 0.5) is 0 Å². The van der Waals surface area contributed by atoms with Gasteiger partial charge in [0.05, 0.1) is 6.61 Å². The molecule has 4 N–H and O–H groups in total. The average Bonchev–Trinajstić information content (AvgIpc) is 2.91. The van der Waals surface area contributed by atoms with Crippen molar-refractivity contribution in [1.82, 2.24) is 0 Å². The molecular weight excluding hydrogens is 580 g/mol. The number of carbonyl (C=O) groups is 5. The topological polar surface area (TPSA) is 175 Å². The van der Waals surface area contributed by atoms with Crippen molar-refractivity contribution in [3.8, 4) is 0 Å². The predicted octanol–water partition coefficient (Wildman–Crippen LogP) is 5.13. The zero-order chi connectivity index (χ0) is 31.8. The van der Waals surface area contributed by atoms with Crippen LogP contribution in [0.1, 0.15) is 67.7 Å². The lowest BCUT2D eigenvalue weighted by Crippen LogP contribution is -2.49. The minimum absolute atomic E-state index is 0.331. The molecule has 0 saturated heterocycles. The Labute approximate surface area is 254 Å². The number of hydrogen-bond acceptors (Lipinski definition) is 6. The molecule has 2 aromatic rings. The largest absolute Gasteiger partial charge is 0.481 e. The Hall–Kier alpha value is -3.92. The van der Waals surface area contributed by atoms with Crippen LogP contribution in [0, 0.1) is 29.6 Å². The molecule has 0 heterocycles. The van der Waals surface area contributed by atoms with Crippen molar-refractivity contribution in [3.63, 3.8) is 0 Å². The van der Waals surface area contributed by atoms with Gasteiger partial charge in [-0.2, -0.15) is 0 Å². The van der Waals surface area contributed by atoms with E-state index in [1.807, 2.05) is 31.2 Å². The van der Waals surface area contributed by atoms with Crippen molar-refractivity contribution in [3.05, 3.63) is 69.7 Å². The first-order valence-electron chi connectivity index (χ1n) is 14.2. The van der Waals surface area contributed by atoms with E-state index in [4.69, 9.17) is 16.3 Å². The fourth-order valence-corrected chi connectivity index (χ4v) is 6.96. The summed E-state index contributed by atoms with van der Waals surface area (Å²) in [4.78, 5) is 60.2. The summed E-state index contributed by atoms with van der Waals surface area (Å²) < 4.78 is 5.29. The lowest BCUT2D eigenvalue weighted by atomic mass is 9.52. The third kappa shape index (κ3) is 9.03. The number of halogens is 1. The number of carboxylic acids is 4. The zero-order valence-corrected chi connectivity index (χ0v) is 24.8. The number of carboxylic acid groups (broad SMARTS) is 4. The molecule has 3 rings (SSSR count). The summed E-state index contributed by atoms with van der Waals surface area (Å²) >= 11 is 6.59. The molecule has 0 amide bonds. The molecule has 0 spiro atoms. The van der Waals surface area contributed by atoms with Crippen LogP contribution < -0.4 is 0 Å². The Morgan fingerprint density at radius 1 is 0.698 bits per heavy atom. The highest BCUT2D eigenvalue weighted by Gasteiger charge is 2.53. The van der Waals surface area contributed by atoms with E-state index in [1.54, 1.807) is 18.2 Å². The molecule has 10 nitrogen and oxygen atoms in total. The number of ether oxygens (including phenoxy) is 1.